The van der Waals surface area contributed by atoms with Crippen molar-refractivity contribution in [1.82, 2.24) is 0 Å². The summed E-state index contributed by atoms with van der Waals surface area (Å²) in [5, 5.41) is 0. The standard InChI is InChI=1S/C20H38O4/c1-4-16-23-19(21)13-11-9-7-6-8-10-12-18(3)14-15-20(22)24-17-5-2/h18H,4-17H2,1-3H3. The third-order valence-electron chi connectivity index (χ3n) is 4.10. The lowest BCUT2D eigenvalue weighted by Gasteiger charge is -2.10. The molecule has 0 aliphatic carbocycles. The van der Waals surface area contributed by atoms with Gasteiger partial charge in [0.2, 0.25) is 0 Å². The number of hydrogen-bond acceptors (Lipinski definition) is 4. The molecular weight excluding hydrogens is 304 g/mol. The molecule has 0 bridgehead atoms. The van der Waals surface area contributed by atoms with Crippen molar-refractivity contribution in [3.05, 3.63) is 0 Å². The number of rotatable bonds is 16. The number of carbonyl (C=O) groups excluding carboxylic acids is 2. The molecule has 0 saturated carbocycles. The van der Waals surface area contributed by atoms with Gasteiger partial charge in [0.05, 0.1) is 13.2 Å². The Morgan fingerprint density at radius 3 is 1.79 bits per heavy atom. The maximum Gasteiger partial charge on any atom is 0.305 e. The summed E-state index contributed by atoms with van der Waals surface area (Å²) in [6.45, 7) is 7.33. The average Bonchev–Trinajstić information content (AvgIpc) is 2.58. The van der Waals surface area contributed by atoms with E-state index in [9.17, 15) is 9.59 Å². The van der Waals surface area contributed by atoms with Crippen molar-refractivity contribution in [1.29, 1.82) is 0 Å². The minimum atomic E-state index is -0.0545. The summed E-state index contributed by atoms with van der Waals surface area (Å²) >= 11 is 0. The van der Waals surface area contributed by atoms with Crippen LogP contribution in [0.5, 0.6) is 0 Å². The van der Waals surface area contributed by atoms with Crippen LogP contribution >= 0.6 is 0 Å². The quantitative estimate of drug-likeness (QED) is 0.277. The summed E-state index contributed by atoms with van der Waals surface area (Å²) < 4.78 is 10.1. The molecule has 0 rings (SSSR count). The van der Waals surface area contributed by atoms with Gasteiger partial charge < -0.3 is 9.47 Å². The Hall–Kier alpha value is -1.06. The van der Waals surface area contributed by atoms with Crippen LogP contribution in [0.25, 0.3) is 0 Å². The molecule has 0 aromatic heterocycles. The maximum absolute atomic E-state index is 11.4. The molecule has 1 atom stereocenters. The van der Waals surface area contributed by atoms with Crippen LogP contribution in [0.1, 0.15) is 97.8 Å². The van der Waals surface area contributed by atoms with E-state index in [-0.39, 0.29) is 11.9 Å². The molecular formula is C20H38O4. The highest BCUT2D eigenvalue weighted by Crippen LogP contribution is 2.16. The van der Waals surface area contributed by atoms with Crippen molar-refractivity contribution < 1.29 is 19.1 Å². The second kappa shape index (κ2) is 16.8. The van der Waals surface area contributed by atoms with Crippen molar-refractivity contribution in [2.45, 2.75) is 97.8 Å². The fourth-order valence-corrected chi connectivity index (χ4v) is 2.55. The Kier molecular flexibility index (Phi) is 16.0. The minimum absolute atomic E-state index is 0.0526. The third kappa shape index (κ3) is 15.8. The summed E-state index contributed by atoms with van der Waals surface area (Å²) in [5.74, 6) is 0.483. The first-order valence-corrected chi connectivity index (χ1v) is 9.91. The smallest absolute Gasteiger partial charge is 0.305 e. The first-order chi connectivity index (χ1) is 11.6. The Morgan fingerprint density at radius 1 is 0.708 bits per heavy atom. The highest BCUT2D eigenvalue weighted by Gasteiger charge is 2.07. The van der Waals surface area contributed by atoms with Crippen molar-refractivity contribution >= 4 is 11.9 Å². The van der Waals surface area contributed by atoms with Gasteiger partial charge in [0.25, 0.3) is 0 Å². The van der Waals surface area contributed by atoms with Gasteiger partial charge in [0.1, 0.15) is 0 Å². The Bertz CT molecular complexity index is 315. The number of esters is 2. The molecule has 0 aromatic carbocycles. The Balaban J connectivity index is 3.34. The zero-order valence-corrected chi connectivity index (χ0v) is 16.1. The van der Waals surface area contributed by atoms with Gasteiger partial charge in [0, 0.05) is 12.8 Å². The highest BCUT2D eigenvalue weighted by atomic mass is 16.5. The van der Waals surface area contributed by atoms with E-state index in [0.29, 0.717) is 32.0 Å². The third-order valence-corrected chi connectivity index (χ3v) is 4.10. The van der Waals surface area contributed by atoms with E-state index in [1.165, 1.54) is 32.1 Å². The average molecular weight is 343 g/mol. The van der Waals surface area contributed by atoms with Crippen molar-refractivity contribution in [2.75, 3.05) is 13.2 Å². The normalized spacial score (nSPS) is 12.0. The second-order valence-corrected chi connectivity index (χ2v) is 6.74. The molecule has 0 radical (unpaired) electrons. The topological polar surface area (TPSA) is 52.6 Å². The lowest BCUT2D eigenvalue weighted by Crippen LogP contribution is -2.07. The Morgan fingerprint density at radius 2 is 1.21 bits per heavy atom. The van der Waals surface area contributed by atoms with Gasteiger partial charge in [-0.05, 0) is 31.6 Å². The van der Waals surface area contributed by atoms with Gasteiger partial charge in [-0.25, -0.2) is 0 Å². The van der Waals surface area contributed by atoms with Crippen LogP contribution in [0, 0.1) is 5.92 Å². The van der Waals surface area contributed by atoms with Gasteiger partial charge >= 0.3 is 11.9 Å². The summed E-state index contributed by atoms with van der Waals surface area (Å²) in [5.41, 5.74) is 0. The monoisotopic (exact) mass is 342 g/mol. The van der Waals surface area contributed by atoms with E-state index in [1.54, 1.807) is 0 Å². The van der Waals surface area contributed by atoms with Crippen LogP contribution in [-0.2, 0) is 19.1 Å². The van der Waals surface area contributed by atoms with Crippen LogP contribution < -0.4 is 0 Å². The molecule has 4 heteroatoms. The Labute approximate surface area is 148 Å². The van der Waals surface area contributed by atoms with Gasteiger partial charge in [-0.3, -0.25) is 9.59 Å². The fourth-order valence-electron chi connectivity index (χ4n) is 2.55. The molecule has 0 N–H and O–H groups in total. The molecule has 0 aromatic rings. The zero-order valence-electron chi connectivity index (χ0n) is 16.1. The predicted octanol–water partition coefficient (Wildman–Crippen LogP) is 5.43. The number of ether oxygens (including phenoxy) is 2. The lowest BCUT2D eigenvalue weighted by atomic mass is 9.97. The molecule has 4 nitrogen and oxygen atoms in total. The van der Waals surface area contributed by atoms with Crippen LogP contribution in [-0.4, -0.2) is 25.2 Å². The number of carbonyl (C=O) groups is 2. The zero-order chi connectivity index (χ0) is 18.0. The minimum Gasteiger partial charge on any atom is -0.466 e. The van der Waals surface area contributed by atoms with E-state index >= 15 is 0 Å². The SMILES string of the molecule is CCCOC(=O)CCCCCCCCC(C)CCC(=O)OCCC. The summed E-state index contributed by atoms with van der Waals surface area (Å²) in [6.07, 6.45) is 12.0. The first-order valence-electron chi connectivity index (χ1n) is 9.91. The fraction of sp³-hybridized carbons (Fsp3) is 0.900. The molecule has 1 unspecified atom stereocenters. The van der Waals surface area contributed by atoms with Gasteiger partial charge in [-0.2, -0.15) is 0 Å². The van der Waals surface area contributed by atoms with Gasteiger partial charge in [-0.1, -0.05) is 59.3 Å². The molecule has 0 fully saturated rings. The number of hydrogen-bond donors (Lipinski definition) is 0. The van der Waals surface area contributed by atoms with Crippen molar-refractivity contribution in [3.63, 3.8) is 0 Å². The summed E-state index contributed by atoms with van der Waals surface area (Å²) in [7, 11) is 0. The molecule has 24 heavy (non-hydrogen) atoms. The summed E-state index contributed by atoms with van der Waals surface area (Å²) in [6, 6.07) is 0. The lowest BCUT2D eigenvalue weighted by molar-refractivity contribution is -0.144. The maximum atomic E-state index is 11.4. The van der Waals surface area contributed by atoms with E-state index in [2.05, 4.69) is 6.92 Å². The molecule has 0 saturated heterocycles. The van der Waals surface area contributed by atoms with Crippen LogP contribution in [0.2, 0.25) is 0 Å². The summed E-state index contributed by atoms with van der Waals surface area (Å²) in [4.78, 5) is 22.8. The van der Waals surface area contributed by atoms with Crippen LogP contribution in [0.3, 0.4) is 0 Å². The van der Waals surface area contributed by atoms with Crippen LogP contribution in [0.15, 0.2) is 0 Å². The molecule has 0 spiro atoms. The van der Waals surface area contributed by atoms with E-state index in [1.807, 2.05) is 13.8 Å². The predicted molar refractivity (Wildman–Crippen MR) is 97.8 cm³/mol. The molecule has 0 aliphatic rings. The second-order valence-electron chi connectivity index (χ2n) is 6.74. The number of unbranched alkanes of at least 4 members (excludes halogenated alkanes) is 5. The van der Waals surface area contributed by atoms with Crippen molar-refractivity contribution in [3.8, 4) is 0 Å². The van der Waals surface area contributed by atoms with Crippen LogP contribution in [0.4, 0.5) is 0 Å². The molecule has 142 valence electrons. The van der Waals surface area contributed by atoms with Gasteiger partial charge in [0.15, 0.2) is 0 Å². The molecule has 0 heterocycles. The molecule has 0 aliphatic heterocycles. The van der Waals surface area contributed by atoms with Crippen molar-refractivity contribution in [2.24, 2.45) is 5.92 Å². The van der Waals surface area contributed by atoms with Gasteiger partial charge in [-0.15, -0.1) is 0 Å². The van der Waals surface area contributed by atoms with E-state index < -0.39 is 0 Å². The van der Waals surface area contributed by atoms with E-state index in [4.69, 9.17) is 9.47 Å². The first kappa shape index (κ1) is 22.9. The largest absolute Gasteiger partial charge is 0.466 e. The molecule has 0 amide bonds. The van der Waals surface area contributed by atoms with E-state index in [0.717, 1.165) is 32.1 Å². The highest BCUT2D eigenvalue weighted by molar-refractivity contribution is 5.69.